The van der Waals surface area contributed by atoms with Crippen LogP contribution in [0.3, 0.4) is 0 Å². The molecule has 1 fully saturated rings. The van der Waals surface area contributed by atoms with Gasteiger partial charge in [0.05, 0.1) is 0 Å². The van der Waals surface area contributed by atoms with Crippen molar-refractivity contribution >= 4 is 23.3 Å². The fourth-order valence-electron chi connectivity index (χ4n) is 3.26. The third kappa shape index (κ3) is 4.45. The molecule has 1 N–H and O–H groups in total. The van der Waals surface area contributed by atoms with E-state index >= 15 is 0 Å². The molecule has 1 saturated heterocycles. The minimum Gasteiger partial charge on any atom is -0.353 e. The van der Waals surface area contributed by atoms with Crippen LogP contribution in [-0.4, -0.2) is 47.9 Å². The number of anilines is 2. The lowest BCUT2D eigenvalue weighted by Gasteiger charge is -2.35. The van der Waals surface area contributed by atoms with E-state index in [0.717, 1.165) is 23.5 Å². The Morgan fingerprint density at radius 2 is 1.78 bits per heavy atom. The summed E-state index contributed by atoms with van der Waals surface area (Å²) in [5.74, 6) is 0.168. The molecule has 3 rings (SSSR count). The first-order chi connectivity index (χ1) is 13.1. The summed E-state index contributed by atoms with van der Waals surface area (Å²) >= 11 is 0. The highest BCUT2D eigenvalue weighted by molar-refractivity contribution is 6.39. The van der Waals surface area contributed by atoms with Crippen molar-refractivity contribution in [3.05, 3.63) is 54.2 Å². The Hall–Kier alpha value is -2.89. The lowest BCUT2D eigenvalue weighted by atomic mass is 9.97. The van der Waals surface area contributed by atoms with Crippen LogP contribution in [0.15, 0.2) is 48.7 Å². The number of benzene rings is 1. The Morgan fingerprint density at radius 1 is 1.07 bits per heavy atom. The van der Waals surface area contributed by atoms with Gasteiger partial charge in [0.1, 0.15) is 5.82 Å². The van der Waals surface area contributed by atoms with Gasteiger partial charge in [0.25, 0.3) is 0 Å². The van der Waals surface area contributed by atoms with Gasteiger partial charge in [0.2, 0.25) is 0 Å². The number of nitrogens with one attached hydrogen (secondary N) is 1. The molecule has 2 heterocycles. The summed E-state index contributed by atoms with van der Waals surface area (Å²) in [6, 6.07) is 13.5. The molecule has 1 aliphatic rings. The summed E-state index contributed by atoms with van der Waals surface area (Å²) in [4.78, 5) is 33.2. The first kappa shape index (κ1) is 18.9. The van der Waals surface area contributed by atoms with E-state index < -0.39 is 11.8 Å². The Balaban J connectivity index is 1.60. The summed E-state index contributed by atoms with van der Waals surface area (Å²) in [5, 5.41) is 2.81. The molecule has 1 unspecified atom stereocenters. The average molecular weight is 366 g/mol. The van der Waals surface area contributed by atoms with Gasteiger partial charge in [-0.05, 0) is 36.1 Å². The van der Waals surface area contributed by atoms with Gasteiger partial charge in [-0.2, -0.15) is 0 Å². The van der Waals surface area contributed by atoms with Crippen LogP contribution in [0.5, 0.6) is 0 Å². The van der Waals surface area contributed by atoms with E-state index in [2.05, 4.69) is 29.0 Å². The van der Waals surface area contributed by atoms with Crippen LogP contribution in [-0.2, 0) is 9.59 Å². The molecule has 1 aromatic heterocycles. The molecule has 1 aromatic carbocycles. The molecule has 1 aliphatic heterocycles. The number of carbonyl (C=O) groups excluding carboxylic acids is 2. The van der Waals surface area contributed by atoms with Crippen molar-refractivity contribution in [2.24, 2.45) is 0 Å². The summed E-state index contributed by atoms with van der Waals surface area (Å²) in [5.41, 5.74) is 1.78. The van der Waals surface area contributed by atoms with Crippen LogP contribution in [0.2, 0.25) is 0 Å². The number of rotatable bonds is 4. The standard InChI is InChI=1S/C21H26N4O2/c1-3-16(2)17-8-4-5-9-18(17)23-20(26)21(27)25-14-12-24(13-15-25)19-10-6-7-11-22-19/h4-11,16H,3,12-15H2,1-2H3,(H,23,26). The maximum atomic E-state index is 12.6. The second-order valence-corrected chi connectivity index (χ2v) is 6.82. The van der Waals surface area contributed by atoms with Crippen molar-refractivity contribution in [3.63, 3.8) is 0 Å². The van der Waals surface area contributed by atoms with E-state index in [4.69, 9.17) is 0 Å². The molecule has 27 heavy (non-hydrogen) atoms. The first-order valence-electron chi connectivity index (χ1n) is 9.45. The van der Waals surface area contributed by atoms with Gasteiger partial charge < -0.3 is 15.1 Å². The first-order valence-corrected chi connectivity index (χ1v) is 9.45. The molecule has 2 aromatic rings. The summed E-state index contributed by atoms with van der Waals surface area (Å²) in [6.45, 7) is 6.57. The number of carbonyl (C=O) groups is 2. The fourth-order valence-corrected chi connectivity index (χ4v) is 3.26. The third-order valence-corrected chi connectivity index (χ3v) is 5.09. The van der Waals surface area contributed by atoms with Gasteiger partial charge in [-0.1, -0.05) is 38.1 Å². The Morgan fingerprint density at radius 3 is 2.44 bits per heavy atom. The minimum absolute atomic E-state index is 0.318. The van der Waals surface area contributed by atoms with Crippen molar-refractivity contribution in [2.45, 2.75) is 26.2 Å². The van der Waals surface area contributed by atoms with E-state index in [0.29, 0.717) is 32.1 Å². The van der Waals surface area contributed by atoms with E-state index in [1.54, 1.807) is 11.1 Å². The van der Waals surface area contributed by atoms with Gasteiger partial charge in [-0.25, -0.2) is 4.98 Å². The molecule has 0 aliphatic carbocycles. The van der Waals surface area contributed by atoms with E-state index in [9.17, 15) is 9.59 Å². The van der Waals surface area contributed by atoms with Crippen LogP contribution in [0.25, 0.3) is 0 Å². The number of para-hydroxylation sites is 1. The Labute approximate surface area is 160 Å². The number of piperazine rings is 1. The zero-order valence-corrected chi connectivity index (χ0v) is 15.9. The Bertz CT molecular complexity index is 786. The highest BCUT2D eigenvalue weighted by Gasteiger charge is 2.27. The number of hydrogen-bond donors (Lipinski definition) is 1. The molecule has 0 radical (unpaired) electrons. The zero-order chi connectivity index (χ0) is 19.2. The summed E-state index contributed by atoms with van der Waals surface area (Å²) in [6.07, 6.45) is 2.73. The molecule has 0 bridgehead atoms. The zero-order valence-electron chi connectivity index (χ0n) is 15.9. The van der Waals surface area contributed by atoms with Crippen LogP contribution in [0.1, 0.15) is 31.7 Å². The molecule has 1 atom stereocenters. The number of amides is 2. The van der Waals surface area contributed by atoms with Gasteiger partial charge in [0.15, 0.2) is 0 Å². The van der Waals surface area contributed by atoms with Gasteiger partial charge in [-0.15, -0.1) is 0 Å². The molecule has 6 nitrogen and oxygen atoms in total. The van der Waals surface area contributed by atoms with E-state index in [1.165, 1.54) is 0 Å². The van der Waals surface area contributed by atoms with Crippen molar-refractivity contribution in [1.29, 1.82) is 0 Å². The number of nitrogens with zero attached hydrogens (tertiary/aromatic N) is 3. The van der Waals surface area contributed by atoms with Crippen LogP contribution < -0.4 is 10.2 Å². The number of hydrogen-bond acceptors (Lipinski definition) is 4. The van der Waals surface area contributed by atoms with E-state index in [1.807, 2.05) is 42.5 Å². The van der Waals surface area contributed by atoms with Crippen molar-refractivity contribution in [2.75, 3.05) is 36.4 Å². The van der Waals surface area contributed by atoms with Crippen LogP contribution in [0.4, 0.5) is 11.5 Å². The number of aromatic nitrogens is 1. The smallest absolute Gasteiger partial charge is 0.313 e. The lowest BCUT2D eigenvalue weighted by molar-refractivity contribution is -0.143. The predicted octanol–water partition coefficient (Wildman–Crippen LogP) is 2.88. The highest BCUT2D eigenvalue weighted by Crippen LogP contribution is 2.26. The second-order valence-electron chi connectivity index (χ2n) is 6.82. The molecule has 2 amide bonds. The van der Waals surface area contributed by atoms with Crippen LogP contribution >= 0.6 is 0 Å². The minimum atomic E-state index is -0.572. The molecular weight excluding hydrogens is 340 g/mol. The van der Waals surface area contributed by atoms with Crippen molar-refractivity contribution in [3.8, 4) is 0 Å². The highest BCUT2D eigenvalue weighted by atomic mass is 16.2. The molecule has 0 saturated carbocycles. The maximum absolute atomic E-state index is 12.6. The molecule has 142 valence electrons. The predicted molar refractivity (Wildman–Crippen MR) is 107 cm³/mol. The van der Waals surface area contributed by atoms with Crippen molar-refractivity contribution < 1.29 is 9.59 Å². The SMILES string of the molecule is CCC(C)c1ccccc1NC(=O)C(=O)N1CCN(c2ccccn2)CC1. The molecular formula is C21H26N4O2. The topological polar surface area (TPSA) is 65.5 Å². The van der Waals surface area contributed by atoms with Gasteiger partial charge >= 0.3 is 11.8 Å². The molecule has 6 heteroatoms. The Kier molecular flexibility index (Phi) is 6.06. The van der Waals surface area contributed by atoms with Gasteiger partial charge in [-0.3, -0.25) is 9.59 Å². The second kappa shape index (κ2) is 8.66. The summed E-state index contributed by atoms with van der Waals surface area (Å²) in [7, 11) is 0. The average Bonchev–Trinajstić information content (AvgIpc) is 2.73. The monoisotopic (exact) mass is 366 g/mol. The van der Waals surface area contributed by atoms with Gasteiger partial charge in [0, 0.05) is 38.1 Å². The maximum Gasteiger partial charge on any atom is 0.313 e. The van der Waals surface area contributed by atoms with Crippen molar-refractivity contribution in [1.82, 2.24) is 9.88 Å². The number of pyridine rings is 1. The summed E-state index contributed by atoms with van der Waals surface area (Å²) < 4.78 is 0. The lowest BCUT2D eigenvalue weighted by Crippen LogP contribution is -2.51. The van der Waals surface area contributed by atoms with Crippen LogP contribution in [0, 0.1) is 0 Å². The quantitative estimate of drug-likeness (QED) is 0.845. The third-order valence-electron chi connectivity index (χ3n) is 5.09. The normalized spacial score (nSPS) is 15.3. The van der Waals surface area contributed by atoms with E-state index in [-0.39, 0.29) is 0 Å². The molecule has 0 spiro atoms. The fraction of sp³-hybridized carbons (Fsp3) is 0.381. The largest absolute Gasteiger partial charge is 0.353 e.